The SMILES string of the molecule is CCCC(C)C(NC)C1Cc2ccccc2C1. The molecule has 0 bridgehead atoms. The molecular weight excluding hydrogens is 206 g/mol. The lowest BCUT2D eigenvalue weighted by molar-refractivity contribution is 0.277. The van der Waals surface area contributed by atoms with Gasteiger partial charge in [-0.25, -0.2) is 0 Å². The van der Waals surface area contributed by atoms with Crippen LogP contribution in [0.1, 0.15) is 37.8 Å². The summed E-state index contributed by atoms with van der Waals surface area (Å²) in [5, 5.41) is 3.56. The molecule has 1 aromatic carbocycles. The fourth-order valence-corrected chi connectivity index (χ4v) is 3.47. The molecule has 2 atom stereocenters. The van der Waals surface area contributed by atoms with Crippen molar-refractivity contribution in [2.45, 2.75) is 45.6 Å². The molecule has 1 aromatic rings. The monoisotopic (exact) mass is 231 g/mol. The Morgan fingerprint density at radius 1 is 1.24 bits per heavy atom. The molecule has 94 valence electrons. The van der Waals surface area contributed by atoms with Crippen LogP contribution < -0.4 is 5.32 Å². The molecule has 1 nitrogen and oxygen atoms in total. The Hall–Kier alpha value is -0.820. The summed E-state index contributed by atoms with van der Waals surface area (Å²) in [6.07, 6.45) is 5.14. The molecule has 0 fully saturated rings. The van der Waals surface area contributed by atoms with Crippen LogP contribution >= 0.6 is 0 Å². The fraction of sp³-hybridized carbons (Fsp3) is 0.625. The van der Waals surface area contributed by atoms with Crippen LogP contribution in [0, 0.1) is 11.8 Å². The van der Waals surface area contributed by atoms with Crippen LogP contribution in [0.25, 0.3) is 0 Å². The maximum absolute atomic E-state index is 3.56. The van der Waals surface area contributed by atoms with E-state index in [9.17, 15) is 0 Å². The van der Waals surface area contributed by atoms with Gasteiger partial charge in [-0.15, -0.1) is 0 Å². The first-order valence-corrected chi connectivity index (χ1v) is 7.00. The Labute approximate surface area is 106 Å². The predicted octanol–water partition coefficient (Wildman–Crippen LogP) is 3.43. The second kappa shape index (κ2) is 5.68. The quantitative estimate of drug-likeness (QED) is 0.818. The lowest BCUT2D eigenvalue weighted by Crippen LogP contribution is -2.39. The molecule has 1 aliphatic rings. The zero-order chi connectivity index (χ0) is 12.3. The molecular formula is C16H25N. The molecule has 0 spiro atoms. The summed E-state index contributed by atoms with van der Waals surface area (Å²) in [4.78, 5) is 0. The van der Waals surface area contributed by atoms with Gasteiger partial charge in [0.2, 0.25) is 0 Å². The van der Waals surface area contributed by atoms with Crippen LogP contribution in [0.4, 0.5) is 0 Å². The molecule has 1 N–H and O–H groups in total. The first-order valence-electron chi connectivity index (χ1n) is 7.00. The van der Waals surface area contributed by atoms with Gasteiger partial charge in [-0.2, -0.15) is 0 Å². The van der Waals surface area contributed by atoms with Gasteiger partial charge >= 0.3 is 0 Å². The Morgan fingerprint density at radius 2 is 1.82 bits per heavy atom. The van der Waals surface area contributed by atoms with E-state index in [0.717, 1.165) is 11.8 Å². The van der Waals surface area contributed by atoms with Crippen LogP contribution in [-0.2, 0) is 12.8 Å². The fourth-order valence-electron chi connectivity index (χ4n) is 3.47. The lowest BCUT2D eigenvalue weighted by Gasteiger charge is -2.29. The highest BCUT2D eigenvalue weighted by atomic mass is 14.9. The van der Waals surface area contributed by atoms with E-state index in [2.05, 4.69) is 50.5 Å². The molecule has 1 aliphatic carbocycles. The number of benzene rings is 1. The van der Waals surface area contributed by atoms with Gasteiger partial charge < -0.3 is 5.32 Å². The first-order chi connectivity index (χ1) is 8.26. The smallest absolute Gasteiger partial charge is 0.0124 e. The molecule has 0 aromatic heterocycles. The van der Waals surface area contributed by atoms with E-state index < -0.39 is 0 Å². The third kappa shape index (κ3) is 2.71. The molecule has 0 aliphatic heterocycles. The van der Waals surface area contributed by atoms with Gasteiger partial charge in [0.05, 0.1) is 0 Å². The maximum atomic E-state index is 3.56. The van der Waals surface area contributed by atoms with Crippen LogP contribution in [0.15, 0.2) is 24.3 Å². The summed E-state index contributed by atoms with van der Waals surface area (Å²) in [6, 6.07) is 9.61. The Morgan fingerprint density at radius 3 is 2.29 bits per heavy atom. The van der Waals surface area contributed by atoms with E-state index >= 15 is 0 Å². The summed E-state index contributed by atoms with van der Waals surface area (Å²) < 4.78 is 0. The summed E-state index contributed by atoms with van der Waals surface area (Å²) in [5.41, 5.74) is 3.14. The average molecular weight is 231 g/mol. The van der Waals surface area contributed by atoms with Gasteiger partial charge in [0.15, 0.2) is 0 Å². The molecule has 0 saturated carbocycles. The van der Waals surface area contributed by atoms with Gasteiger partial charge in [0.1, 0.15) is 0 Å². The minimum atomic E-state index is 0.669. The highest BCUT2D eigenvalue weighted by molar-refractivity contribution is 5.32. The molecule has 0 heterocycles. The summed E-state index contributed by atoms with van der Waals surface area (Å²) in [7, 11) is 2.12. The standard InChI is InChI=1S/C16H25N/c1-4-7-12(2)16(17-3)15-10-13-8-5-6-9-14(13)11-15/h5-6,8-9,12,15-17H,4,7,10-11H2,1-3H3. The van der Waals surface area contributed by atoms with E-state index in [0.29, 0.717) is 6.04 Å². The van der Waals surface area contributed by atoms with Crippen molar-refractivity contribution in [2.24, 2.45) is 11.8 Å². The number of nitrogens with one attached hydrogen (secondary N) is 1. The average Bonchev–Trinajstić information content (AvgIpc) is 2.73. The largest absolute Gasteiger partial charge is 0.316 e. The third-order valence-corrected chi connectivity index (χ3v) is 4.28. The van der Waals surface area contributed by atoms with E-state index in [1.165, 1.54) is 25.7 Å². The first kappa shape index (κ1) is 12.6. The summed E-state index contributed by atoms with van der Waals surface area (Å²) in [6.45, 7) is 4.68. The zero-order valence-corrected chi connectivity index (χ0v) is 11.4. The van der Waals surface area contributed by atoms with Crippen molar-refractivity contribution < 1.29 is 0 Å². The molecule has 0 radical (unpaired) electrons. The highest BCUT2D eigenvalue weighted by Crippen LogP contribution is 2.31. The summed E-state index contributed by atoms with van der Waals surface area (Å²) >= 11 is 0. The molecule has 0 amide bonds. The van der Waals surface area contributed by atoms with E-state index in [4.69, 9.17) is 0 Å². The topological polar surface area (TPSA) is 12.0 Å². The Bertz CT molecular complexity index is 333. The van der Waals surface area contributed by atoms with E-state index in [1.54, 1.807) is 11.1 Å². The minimum Gasteiger partial charge on any atom is -0.316 e. The van der Waals surface area contributed by atoms with Crippen molar-refractivity contribution in [1.82, 2.24) is 5.32 Å². The van der Waals surface area contributed by atoms with Crippen molar-refractivity contribution in [3.8, 4) is 0 Å². The molecule has 17 heavy (non-hydrogen) atoms. The van der Waals surface area contributed by atoms with Crippen LogP contribution in [0.2, 0.25) is 0 Å². The van der Waals surface area contributed by atoms with E-state index in [1.807, 2.05) is 0 Å². The van der Waals surface area contributed by atoms with Crippen LogP contribution in [0.5, 0.6) is 0 Å². The normalized spacial score (nSPS) is 19.0. The van der Waals surface area contributed by atoms with Gasteiger partial charge in [-0.1, -0.05) is 44.5 Å². The Balaban J connectivity index is 2.05. The second-order valence-electron chi connectivity index (χ2n) is 5.52. The highest BCUT2D eigenvalue weighted by Gasteiger charge is 2.30. The van der Waals surface area contributed by atoms with Crippen molar-refractivity contribution in [1.29, 1.82) is 0 Å². The predicted molar refractivity (Wildman–Crippen MR) is 74.3 cm³/mol. The van der Waals surface area contributed by atoms with Gasteiger partial charge in [-0.05, 0) is 49.3 Å². The van der Waals surface area contributed by atoms with Crippen molar-refractivity contribution >= 4 is 0 Å². The maximum Gasteiger partial charge on any atom is 0.0124 e. The number of hydrogen-bond donors (Lipinski definition) is 1. The van der Waals surface area contributed by atoms with Gasteiger partial charge in [0.25, 0.3) is 0 Å². The summed E-state index contributed by atoms with van der Waals surface area (Å²) in [5.74, 6) is 1.57. The molecule has 1 heteroatoms. The zero-order valence-electron chi connectivity index (χ0n) is 11.4. The van der Waals surface area contributed by atoms with Crippen molar-refractivity contribution in [2.75, 3.05) is 7.05 Å². The van der Waals surface area contributed by atoms with E-state index in [-0.39, 0.29) is 0 Å². The van der Waals surface area contributed by atoms with Crippen LogP contribution in [0.3, 0.4) is 0 Å². The van der Waals surface area contributed by atoms with Crippen molar-refractivity contribution in [3.63, 3.8) is 0 Å². The lowest BCUT2D eigenvalue weighted by atomic mass is 9.85. The van der Waals surface area contributed by atoms with Crippen LogP contribution in [-0.4, -0.2) is 13.1 Å². The minimum absolute atomic E-state index is 0.669. The van der Waals surface area contributed by atoms with Crippen molar-refractivity contribution in [3.05, 3.63) is 35.4 Å². The number of rotatable bonds is 5. The Kier molecular flexibility index (Phi) is 4.22. The number of hydrogen-bond acceptors (Lipinski definition) is 1. The molecule has 0 saturated heterocycles. The third-order valence-electron chi connectivity index (χ3n) is 4.28. The second-order valence-corrected chi connectivity index (χ2v) is 5.52. The number of fused-ring (bicyclic) bond motifs is 1. The van der Waals surface area contributed by atoms with Gasteiger partial charge in [0, 0.05) is 6.04 Å². The molecule has 2 rings (SSSR count). The molecule has 2 unspecified atom stereocenters. The van der Waals surface area contributed by atoms with Gasteiger partial charge in [-0.3, -0.25) is 0 Å².